The molecular weight excluding hydrogens is 174 g/mol. The molecule has 1 aromatic carbocycles. The minimum Gasteiger partial charge on any atom is -0.393 e. The van der Waals surface area contributed by atoms with Crippen LogP contribution >= 0.6 is 0 Å². The van der Waals surface area contributed by atoms with Crippen molar-refractivity contribution >= 4 is 10.9 Å². The normalized spacial score (nSPS) is 13.3. The van der Waals surface area contributed by atoms with Crippen LogP contribution in [0.5, 0.6) is 0 Å². The number of fused-ring (bicyclic) bond motifs is 1. The summed E-state index contributed by atoms with van der Waals surface area (Å²) in [5.74, 6) is 0. The molecule has 0 saturated carbocycles. The van der Waals surface area contributed by atoms with Crippen molar-refractivity contribution in [2.45, 2.75) is 26.0 Å². The van der Waals surface area contributed by atoms with Crippen LogP contribution < -0.4 is 0 Å². The van der Waals surface area contributed by atoms with Gasteiger partial charge < -0.3 is 9.67 Å². The molecule has 0 saturated heterocycles. The highest BCUT2D eigenvalue weighted by Gasteiger charge is 2.01. The number of rotatable bonds is 3. The molecule has 2 heteroatoms. The Hall–Kier alpha value is -1.28. The Kier molecular flexibility index (Phi) is 2.55. The number of aliphatic hydroxyl groups is 1. The molecule has 0 unspecified atom stereocenters. The molecule has 14 heavy (non-hydrogen) atoms. The van der Waals surface area contributed by atoms with E-state index in [1.165, 1.54) is 10.9 Å². The van der Waals surface area contributed by atoms with Crippen LogP contribution in [0.4, 0.5) is 0 Å². The summed E-state index contributed by atoms with van der Waals surface area (Å²) in [5.41, 5.74) is 1.24. The molecule has 74 valence electrons. The molecule has 1 aromatic heterocycles. The number of hydrogen-bond donors (Lipinski definition) is 1. The lowest BCUT2D eigenvalue weighted by atomic mass is 10.2. The van der Waals surface area contributed by atoms with Crippen LogP contribution in [-0.4, -0.2) is 15.8 Å². The van der Waals surface area contributed by atoms with Gasteiger partial charge in [0.25, 0.3) is 0 Å². The largest absolute Gasteiger partial charge is 0.393 e. The van der Waals surface area contributed by atoms with Crippen molar-refractivity contribution in [1.29, 1.82) is 0 Å². The van der Waals surface area contributed by atoms with E-state index in [-0.39, 0.29) is 6.10 Å². The smallest absolute Gasteiger partial charge is 0.0529 e. The molecule has 2 aromatic rings. The van der Waals surface area contributed by atoms with Gasteiger partial charge in [-0.15, -0.1) is 0 Å². The first-order valence-electron chi connectivity index (χ1n) is 4.99. The van der Waals surface area contributed by atoms with E-state index in [2.05, 4.69) is 29.0 Å². The number of hydrogen-bond acceptors (Lipinski definition) is 1. The first kappa shape index (κ1) is 9.28. The van der Waals surface area contributed by atoms with E-state index >= 15 is 0 Å². The third-order valence-corrected chi connectivity index (χ3v) is 2.47. The summed E-state index contributed by atoms with van der Waals surface area (Å²) in [7, 11) is 0. The second-order valence-electron chi connectivity index (χ2n) is 3.71. The van der Waals surface area contributed by atoms with Gasteiger partial charge in [-0.1, -0.05) is 18.2 Å². The van der Waals surface area contributed by atoms with E-state index < -0.39 is 0 Å². The number of aryl methyl sites for hydroxylation is 1. The minimum absolute atomic E-state index is 0.226. The van der Waals surface area contributed by atoms with Crippen LogP contribution in [0.2, 0.25) is 0 Å². The molecule has 1 heterocycles. The number of para-hydroxylation sites is 1. The lowest BCUT2D eigenvalue weighted by molar-refractivity contribution is 0.178. The van der Waals surface area contributed by atoms with Crippen molar-refractivity contribution in [3.63, 3.8) is 0 Å². The van der Waals surface area contributed by atoms with Gasteiger partial charge in [-0.2, -0.15) is 0 Å². The molecule has 0 radical (unpaired) electrons. The molecule has 0 spiro atoms. The summed E-state index contributed by atoms with van der Waals surface area (Å²) in [6.45, 7) is 2.71. The van der Waals surface area contributed by atoms with E-state index in [9.17, 15) is 5.11 Å². The molecule has 0 aliphatic heterocycles. The fourth-order valence-electron chi connectivity index (χ4n) is 1.66. The van der Waals surface area contributed by atoms with Gasteiger partial charge in [-0.3, -0.25) is 0 Å². The maximum absolute atomic E-state index is 9.21. The van der Waals surface area contributed by atoms with Crippen molar-refractivity contribution in [1.82, 2.24) is 4.57 Å². The third kappa shape index (κ3) is 1.80. The zero-order chi connectivity index (χ0) is 9.97. The summed E-state index contributed by atoms with van der Waals surface area (Å²) < 4.78 is 2.18. The monoisotopic (exact) mass is 189 g/mol. The van der Waals surface area contributed by atoms with E-state index in [0.29, 0.717) is 0 Å². The highest BCUT2D eigenvalue weighted by molar-refractivity contribution is 5.79. The molecule has 0 amide bonds. The summed E-state index contributed by atoms with van der Waals surface area (Å²) in [6.07, 6.45) is 2.65. The quantitative estimate of drug-likeness (QED) is 0.788. The SMILES string of the molecule is C[C@H](O)CCn1ccc2ccccc21. The van der Waals surface area contributed by atoms with Gasteiger partial charge in [0.1, 0.15) is 0 Å². The Morgan fingerprint density at radius 2 is 2.07 bits per heavy atom. The van der Waals surface area contributed by atoms with Crippen LogP contribution in [0.3, 0.4) is 0 Å². The lowest BCUT2D eigenvalue weighted by Crippen LogP contribution is -2.05. The predicted octanol–water partition coefficient (Wildman–Crippen LogP) is 2.41. The summed E-state index contributed by atoms with van der Waals surface area (Å²) in [5, 5.41) is 10.5. The molecule has 0 aliphatic rings. The van der Waals surface area contributed by atoms with Gasteiger partial charge in [0.2, 0.25) is 0 Å². The Bertz CT molecular complexity index is 417. The fourth-order valence-corrected chi connectivity index (χ4v) is 1.66. The fraction of sp³-hybridized carbons (Fsp3) is 0.333. The van der Waals surface area contributed by atoms with Crippen molar-refractivity contribution in [3.05, 3.63) is 36.5 Å². The van der Waals surface area contributed by atoms with E-state index in [1.54, 1.807) is 0 Å². The molecule has 0 bridgehead atoms. The van der Waals surface area contributed by atoms with Gasteiger partial charge in [-0.05, 0) is 30.9 Å². The summed E-state index contributed by atoms with van der Waals surface area (Å²) >= 11 is 0. The Labute approximate surface area is 83.8 Å². The van der Waals surface area contributed by atoms with E-state index in [1.807, 2.05) is 19.1 Å². The first-order valence-corrected chi connectivity index (χ1v) is 4.99. The zero-order valence-corrected chi connectivity index (χ0v) is 8.35. The molecule has 0 aliphatic carbocycles. The number of aromatic nitrogens is 1. The number of nitrogens with zero attached hydrogens (tertiary/aromatic N) is 1. The lowest BCUT2D eigenvalue weighted by Gasteiger charge is -2.06. The number of aliphatic hydroxyl groups excluding tert-OH is 1. The number of benzene rings is 1. The Balaban J connectivity index is 2.25. The second-order valence-corrected chi connectivity index (χ2v) is 3.71. The standard InChI is InChI=1S/C12H15NO/c1-10(14)6-8-13-9-7-11-4-2-3-5-12(11)13/h2-5,7,9-10,14H,6,8H2,1H3/t10-/m0/s1. The third-order valence-electron chi connectivity index (χ3n) is 2.47. The average Bonchev–Trinajstić information content (AvgIpc) is 2.58. The van der Waals surface area contributed by atoms with Crippen LogP contribution in [0, 0.1) is 0 Å². The van der Waals surface area contributed by atoms with Crippen molar-refractivity contribution in [2.24, 2.45) is 0 Å². The van der Waals surface area contributed by atoms with E-state index in [0.717, 1.165) is 13.0 Å². The van der Waals surface area contributed by atoms with Crippen LogP contribution in [0.1, 0.15) is 13.3 Å². The molecule has 2 nitrogen and oxygen atoms in total. The van der Waals surface area contributed by atoms with E-state index in [4.69, 9.17) is 0 Å². The zero-order valence-electron chi connectivity index (χ0n) is 8.35. The first-order chi connectivity index (χ1) is 6.77. The molecule has 1 N–H and O–H groups in total. The van der Waals surface area contributed by atoms with Crippen LogP contribution in [0.15, 0.2) is 36.5 Å². The highest BCUT2D eigenvalue weighted by Crippen LogP contribution is 2.15. The highest BCUT2D eigenvalue weighted by atomic mass is 16.3. The Morgan fingerprint density at radius 3 is 2.86 bits per heavy atom. The van der Waals surface area contributed by atoms with Gasteiger partial charge >= 0.3 is 0 Å². The maximum Gasteiger partial charge on any atom is 0.0529 e. The van der Waals surface area contributed by atoms with Crippen molar-refractivity contribution < 1.29 is 5.11 Å². The van der Waals surface area contributed by atoms with Crippen LogP contribution in [0.25, 0.3) is 10.9 Å². The summed E-state index contributed by atoms with van der Waals surface area (Å²) in [4.78, 5) is 0. The molecule has 0 fully saturated rings. The summed E-state index contributed by atoms with van der Waals surface area (Å²) in [6, 6.07) is 10.4. The van der Waals surface area contributed by atoms with Gasteiger partial charge in [0, 0.05) is 18.3 Å². The minimum atomic E-state index is -0.226. The Morgan fingerprint density at radius 1 is 1.29 bits per heavy atom. The average molecular weight is 189 g/mol. The van der Waals surface area contributed by atoms with Crippen molar-refractivity contribution in [3.8, 4) is 0 Å². The van der Waals surface area contributed by atoms with Crippen molar-refractivity contribution in [2.75, 3.05) is 0 Å². The maximum atomic E-state index is 9.21. The molecular formula is C12H15NO. The predicted molar refractivity (Wildman–Crippen MR) is 58.2 cm³/mol. The second kappa shape index (κ2) is 3.84. The molecule has 2 rings (SSSR count). The van der Waals surface area contributed by atoms with Gasteiger partial charge in [-0.25, -0.2) is 0 Å². The molecule has 1 atom stereocenters. The van der Waals surface area contributed by atoms with Crippen LogP contribution in [-0.2, 0) is 6.54 Å². The van der Waals surface area contributed by atoms with Gasteiger partial charge in [0.05, 0.1) is 6.10 Å². The van der Waals surface area contributed by atoms with Gasteiger partial charge in [0.15, 0.2) is 0 Å². The topological polar surface area (TPSA) is 25.2 Å².